The van der Waals surface area contributed by atoms with E-state index in [4.69, 9.17) is 4.74 Å². The summed E-state index contributed by atoms with van der Waals surface area (Å²) in [6.07, 6.45) is 0.876. The average molecular weight is 494 g/mol. The molecule has 2 N–H and O–H groups in total. The van der Waals surface area contributed by atoms with Crippen LogP contribution in [-0.4, -0.2) is 45.0 Å². The highest BCUT2D eigenvalue weighted by atomic mass is 32.2. The van der Waals surface area contributed by atoms with Crippen molar-refractivity contribution in [3.05, 3.63) is 90.0 Å². The van der Waals surface area contributed by atoms with Gasteiger partial charge in [0.1, 0.15) is 5.75 Å². The summed E-state index contributed by atoms with van der Waals surface area (Å²) in [5, 5.41) is 3.09. The molecule has 0 bridgehead atoms. The number of hydrogen-bond acceptors (Lipinski definition) is 5. The molecule has 0 aromatic heterocycles. The van der Waals surface area contributed by atoms with Gasteiger partial charge in [-0.2, -0.15) is 0 Å². The van der Waals surface area contributed by atoms with Gasteiger partial charge in [0.05, 0.1) is 11.5 Å². The number of carbonyl (C=O) groups excluding carboxylic acids is 1. The topological polar surface area (TPSA) is 87.7 Å². The van der Waals surface area contributed by atoms with E-state index in [0.29, 0.717) is 23.6 Å². The summed E-state index contributed by atoms with van der Waals surface area (Å²) in [5.41, 5.74) is 2.13. The Labute approximate surface area is 207 Å². The number of carbonyl (C=O) groups is 1. The van der Waals surface area contributed by atoms with Crippen molar-refractivity contribution >= 4 is 21.6 Å². The van der Waals surface area contributed by atoms with Crippen LogP contribution in [0.2, 0.25) is 0 Å². The fourth-order valence-electron chi connectivity index (χ4n) is 4.25. The number of anilines is 1. The van der Waals surface area contributed by atoms with Crippen LogP contribution < -0.4 is 14.8 Å². The third-order valence-electron chi connectivity index (χ3n) is 6.23. The van der Waals surface area contributed by atoms with Gasteiger partial charge in [0, 0.05) is 36.4 Å². The van der Waals surface area contributed by atoms with E-state index in [0.717, 1.165) is 19.5 Å². The molecule has 8 heteroatoms. The number of amides is 1. The van der Waals surface area contributed by atoms with Gasteiger partial charge >= 0.3 is 0 Å². The Morgan fingerprint density at radius 3 is 2.37 bits per heavy atom. The average Bonchev–Trinajstić information content (AvgIpc) is 3.34. The van der Waals surface area contributed by atoms with Crippen LogP contribution in [-0.2, 0) is 10.0 Å². The van der Waals surface area contributed by atoms with Crippen LogP contribution in [0.4, 0.5) is 5.69 Å². The fraction of sp³-hybridized carbons (Fsp3) is 0.296. The van der Waals surface area contributed by atoms with Crippen molar-refractivity contribution in [1.82, 2.24) is 10.2 Å². The molecule has 1 aliphatic heterocycles. The van der Waals surface area contributed by atoms with Crippen LogP contribution in [0.5, 0.6) is 5.75 Å². The largest absolute Gasteiger partial charge is 0.494 e. The molecule has 0 aliphatic carbocycles. The predicted octanol–water partition coefficient (Wildman–Crippen LogP) is 4.45. The Hall–Kier alpha value is -3.36. The molecule has 0 radical (unpaired) electrons. The molecule has 2 atom stereocenters. The molecule has 7 nitrogen and oxygen atoms in total. The monoisotopic (exact) mass is 493 g/mol. The highest BCUT2D eigenvalue weighted by molar-refractivity contribution is 7.92. The van der Waals surface area contributed by atoms with Gasteiger partial charge in [0.15, 0.2) is 0 Å². The first-order valence-electron chi connectivity index (χ1n) is 11.8. The van der Waals surface area contributed by atoms with Crippen LogP contribution in [0.15, 0.2) is 83.8 Å². The van der Waals surface area contributed by atoms with E-state index in [1.54, 1.807) is 36.4 Å². The zero-order chi connectivity index (χ0) is 24.8. The van der Waals surface area contributed by atoms with E-state index in [2.05, 4.69) is 34.0 Å². The Balaban J connectivity index is 1.34. The zero-order valence-corrected chi connectivity index (χ0v) is 20.8. The molecular formula is C27H31N3O4S. The minimum absolute atomic E-state index is 0.0541. The summed E-state index contributed by atoms with van der Waals surface area (Å²) in [6, 6.07) is 23.4. The number of nitrogens with one attached hydrogen (secondary N) is 2. The summed E-state index contributed by atoms with van der Waals surface area (Å²) in [7, 11) is -3.78. The molecule has 184 valence electrons. The molecule has 1 fully saturated rings. The second kappa shape index (κ2) is 10.9. The number of hydrogen-bond donors (Lipinski definition) is 2. The highest BCUT2D eigenvalue weighted by Gasteiger charge is 2.28. The van der Waals surface area contributed by atoms with Crippen molar-refractivity contribution in [2.75, 3.05) is 24.4 Å². The van der Waals surface area contributed by atoms with Gasteiger partial charge in [0.25, 0.3) is 15.9 Å². The highest BCUT2D eigenvalue weighted by Crippen LogP contribution is 2.25. The standard InChI is InChI=1S/C27H31N3O4S/c1-3-34-25-13-11-23(12-14-25)29-35(32,33)26-15-9-22(10-16-26)27(31)28-24-17-18-30(19-24)20(2)21-7-5-4-6-8-21/h4-16,20,24,29H,3,17-19H2,1-2H3,(H,28,31). The molecule has 3 aromatic rings. The van der Waals surface area contributed by atoms with E-state index < -0.39 is 10.0 Å². The second-order valence-electron chi connectivity index (χ2n) is 8.63. The number of ether oxygens (including phenoxy) is 1. The summed E-state index contributed by atoms with van der Waals surface area (Å²) >= 11 is 0. The van der Waals surface area contributed by atoms with E-state index in [-0.39, 0.29) is 22.9 Å². The first-order valence-corrected chi connectivity index (χ1v) is 13.3. The van der Waals surface area contributed by atoms with Gasteiger partial charge in [-0.3, -0.25) is 14.4 Å². The smallest absolute Gasteiger partial charge is 0.261 e. The predicted molar refractivity (Wildman–Crippen MR) is 137 cm³/mol. The van der Waals surface area contributed by atoms with E-state index in [1.807, 2.05) is 25.1 Å². The molecule has 1 heterocycles. The summed E-state index contributed by atoms with van der Waals surface area (Å²) in [5.74, 6) is 0.471. The Kier molecular flexibility index (Phi) is 7.73. The normalized spacial score (nSPS) is 17.0. The van der Waals surface area contributed by atoms with Crippen molar-refractivity contribution < 1.29 is 17.9 Å². The number of sulfonamides is 1. The van der Waals surface area contributed by atoms with Crippen molar-refractivity contribution in [3.8, 4) is 5.75 Å². The molecule has 3 aromatic carbocycles. The zero-order valence-electron chi connectivity index (χ0n) is 20.0. The van der Waals surface area contributed by atoms with E-state index in [1.165, 1.54) is 17.7 Å². The molecular weight excluding hydrogens is 462 g/mol. The first kappa shape index (κ1) is 24.8. The number of benzene rings is 3. The minimum atomic E-state index is -3.78. The van der Waals surface area contributed by atoms with Gasteiger partial charge in [-0.15, -0.1) is 0 Å². The van der Waals surface area contributed by atoms with Gasteiger partial charge < -0.3 is 10.1 Å². The first-order chi connectivity index (χ1) is 16.9. The van der Waals surface area contributed by atoms with Crippen LogP contribution in [0, 0.1) is 0 Å². The van der Waals surface area contributed by atoms with Crippen molar-refractivity contribution in [3.63, 3.8) is 0 Å². The number of rotatable bonds is 9. The van der Waals surface area contributed by atoms with Crippen molar-refractivity contribution in [2.45, 2.75) is 37.2 Å². The lowest BCUT2D eigenvalue weighted by atomic mass is 10.1. The quantitative estimate of drug-likeness (QED) is 0.460. The maximum atomic E-state index is 12.8. The Morgan fingerprint density at radius 2 is 1.71 bits per heavy atom. The summed E-state index contributed by atoms with van der Waals surface area (Å²) in [4.78, 5) is 15.2. The lowest BCUT2D eigenvalue weighted by Crippen LogP contribution is -2.37. The van der Waals surface area contributed by atoms with Crippen molar-refractivity contribution in [1.29, 1.82) is 0 Å². The molecule has 1 aliphatic rings. The van der Waals surface area contributed by atoms with E-state index in [9.17, 15) is 13.2 Å². The number of likely N-dealkylation sites (tertiary alicyclic amines) is 1. The third-order valence-corrected chi connectivity index (χ3v) is 7.63. The molecule has 0 saturated carbocycles. The van der Waals surface area contributed by atoms with Crippen LogP contribution >= 0.6 is 0 Å². The molecule has 1 saturated heterocycles. The van der Waals surface area contributed by atoms with Gasteiger partial charge in [-0.05, 0) is 74.4 Å². The van der Waals surface area contributed by atoms with Gasteiger partial charge in [0.2, 0.25) is 0 Å². The molecule has 4 rings (SSSR count). The van der Waals surface area contributed by atoms with Crippen LogP contribution in [0.25, 0.3) is 0 Å². The van der Waals surface area contributed by atoms with E-state index >= 15 is 0 Å². The van der Waals surface area contributed by atoms with Gasteiger partial charge in [-0.25, -0.2) is 8.42 Å². The summed E-state index contributed by atoms with van der Waals surface area (Å²) in [6.45, 7) is 6.29. The Morgan fingerprint density at radius 1 is 1.03 bits per heavy atom. The van der Waals surface area contributed by atoms with Crippen LogP contribution in [0.3, 0.4) is 0 Å². The molecule has 1 amide bonds. The second-order valence-corrected chi connectivity index (χ2v) is 10.3. The van der Waals surface area contributed by atoms with Gasteiger partial charge in [-0.1, -0.05) is 30.3 Å². The van der Waals surface area contributed by atoms with Crippen LogP contribution in [0.1, 0.15) is 42.2 Å². The lowest BCUT2D eigenvalue weighted by Gasteiger charge is -2.24. The SMILES string of the molecule is CCOc1ccc(NS(=O)(=O)c2ccc(C(=O)NC3CCN(C(C)c4ccccc4)C3)cc2)cc1. The maximum absolute atomic E-state index is 12.8. The molecule has 0 spiro atoms. The molecule has 2 unspecified atom stereocenters. The fourth-order valence-corrected chi connectivity index (χ4v) is 5.31. The third kappa shape index (κ3) is 6.21. The minimum Gasteiger partial charge on any atom is -0.494 e. The molecule has 35 heavy (non-hydrogen) atoms. The summed E-state index contributed by atoms with van der Waals surface area (Å²) < 4.78 is 33.4. The van der Waals surface area contributed by atoms with Crippen molar-refractivity contribution in [2.24, 2.45) is 0 Å². The Bertz CT molecular complexity index is 1230. The lowest BCUT2D eigenvalue weighted by molar-refractivity contribution is 0.0936. The maximum Gasteiger partial charge on any atom is 0.261 e. The number of nitrogens with zero attached hydrogens (tertiary/aromatic N) is 1.